The third-order valence-electron chi connectivity index (χ3n) is 3.56. The molecule has 0 unspecified atom stereocenters. The highest BCUT2D eigenvalue weighted by Crippen LogP contribution is 2.29. The van der Waals surface area contributed by atoms with Crippen LogP contribution < -0.4 is 15.8 Å². The second-order valence-electron chi connectivity index (χ2n) is 6.21. The molecule has 0 aromatic heterocycles. The zero-order valence-electron chi connectivity index (χ0n) is 15.5. The van der Waals surface area contributed by atoms with Gasteiger partial charge in [0.25, 0.3) is 0 Å². The molecule has 0 amide bonds. The zero-order valence-corrected chi connectivity index (χ0v) is 17.8. The van der Waals surface area contributed by atoms with Gasteiger partial charge >= 0.3 is 6.36 Å². The lowest BCUT2D eigenvalue weighted by molar-refractivity contribution is -0.274. The summed E-state index contributed by atoms with van der Waals surface area (Å²) in [7, 11) is 0. The zero-order chi connectivity index (χ0) is 19.0. The largest absolute Gasteiger partial charge is 0.573 e. The summed E-state index contributed by atoms with van der Waals surface area (Å²) >= 11 is 0. The Balaban J connectivity index is 0.00000625. The number of hydrogen-bond acceptors (Lipinski definition) is 3. The quantitative estimate of drug-likeness (QED) is 0.246. The Morgan fingerprint density at radius 3 is 2.31 bits per heavy atom. The van der Waals surface area contributed by atoms with Crippen molar-refractivity contribution in [3.63, 3.8) is 0 Å². The molecule has 150 valence electrons. The number of ether oxygens (including phenoxy) is 1. The highest BCUT2D eigenvalue weighted by molar-refractivity contribution is 14.0. The van der Waals surface area contributed by atoms with E-state index >= 15 is 0 Å². The molecule has 0 saturated carbocycles. The van der Waals surface area contributed by atoms with Gasteiger partial charge in [-0.05, 0) is 46.2 Å². The fourth-order valence-corrected chi connectivity index (χ4v) is 2.53. The van der Waals surface area contributed by atoms with Crippen LogP contribution >= 0.6 is 24.0 Å². The van der Waals surface area contributed by atoms with Crippen molar-refractivity contribution in [2.24, 2.45) is 10.7 Å². The molecule has 0 aliphatic rings. The number of nitrogens with zero attached hydrogens (tertiary/aromatic N) is 2. The fraction of sp³-hybridized carbons (Fsp3) is 0.588. The third kappa shape index (κ3) is 9.46. The maximum atomic E-state index is 12.4. The molecule has 9 heteroatoms. The van der Waals surface area contributed by atoms with Gasteiger partial charge in [0.15, 0.2) is 11.7 Å². The highest BCUT2D eigenvalue weighted by Gasteiger charge is 2.32. The number of para-hydroxylation sites is 2. The Hall–Kier alpha value is -1.23. The molecule has 0 saturated heterocycles. The van der Waals surface area contributed by atoms with Gasteiger partial charge < -0.3 is 15.8 Å². The number of nitrogens with two attached hydrogens (primary N) is 1. The van der Waals surface area contributed by atoms with Crippen LogP contribution in [0.5, 0.6) is 5.75 Å². The number of anilines is 1. The monoisotopic (exact) mass is 488 g/mol. The standard InChI is InChI=1S/C17H27F3N4O.HI/c1-12(2)24(13(3)4)11-7-10-22-16(21)23-14-8-5-6-9-15(14)25-17(18,19)20;/h5-6,8-9,12-13H,7,10-11H2,1-4H3,(H3,21,22,23);1H. The van der Waals surface area contributed by atoms with Crippen LogP contribution in [-0.4, -0.2) is 42.4 Å². The second kappa shape index (κ2) is 11.5. The first-order valence-electron chi connectivity index (χ1n) is 8.27. The van der Waals surface area contributed by atoms with E-state index < -0.39 is 6.36 Å². The van der Waals surface area contributed by atoms with Crippen LogP contribution in [0.1, 0.15) is 34.1 Å². The molecular formula is C17H28F3IN4O. The van der Waals surface area contributed by atoms with E-state index in [0.29, 0.717) is 18.6 Å². The van der Waals surface area contributed by atoms with Crippen molar-refractivity contribution in [1.29, 1.82) is 0 Å². The molecule has 1 aromatic rings. The summed E-state index contributed by atoms with van der Waals surface area (Å²) in [5.41, 5.74) is 5.88. The van der Waals surface area contributed by atoms with Gasteiger partial charge in [-0.2, -0.15) is 0 Å². The van der Waals surface area contributed by atoms with Gasteiger partial charge in [-0.25, -0.2) is 0 Å². The highest BCUT2D eigenvalue weighted by atomic mass is 127. The Morgan fingerprint density at radius 1 is 1.19 bits per heavy atom. The first-order valence-corrected chi connectivity index (χ1v) is 8.27. The van der Waals surface area contributed by atoms with Crippen molar-refractivity contribution in [3.05, 3.63) is 24.3 Å². The lowest BCUT2D eigenvalue weighted by atomic mass is 10.2. The van der Waals surface area contributed by atoms with Crippen LogP contribution in [0.2, 0.25) is 0 Å². The lowest BCUT2D eigenvalue weighted by Crippen LogP contribution is -2.38. The molecule has 0 aliphatic carbocycles. The maximum absolute atomic E-state index is 12.4. The van der Waals surface area contributed by atoms with Crippen LogP contribution in [-0.2, 0) is 0 Å². The summed E-state index contributed by atoms with van der Waals surface area (Å²) in [6.07, 6.45) is -3.96. The SMILES string of the molecule is CC(C)N(CCCN=C(N)Nc1ccccc1OC(F)(F)F)C(C)C.I. The van der Waals surface area contributed by atoms with Crippen LogP contribution in [0.25, 0.3) is 0 Å². The summed E-state index contributed by atoms with van der Waals surface area (Å²) in [6, 6.07) is 6.57. The minimum atomic E-state index is -4.76. The third-order valence-corrected chi connectivity index (χ3v) is 3.56. The van der Waals surface area contributed by atoms with Crippen molar-refractivity contribution in [2.45, 2.75) is 52.6 Å². The van der Waals surface area contributed by atoms with Crippen LogP contribution in [0.4, 0.5) is 18.9 Å². The van der Waals surface area contributed by atoms with Crippen LogP contribution in [0.15, 0.2) is 29.3 Å². The summed E-state index contributed by atoms with van der Waals surface area (Å²) in [6.45, 7) is 9.90. The van der Waals surface area contributed by atoms with Crippen LogP contribution in [0, 0.1) is 0 Å². The topological polar surface area (TPSA) is 62.9 Å². The Kier molecular flexibility index (Phi) is 10.9. The molecule has 26 heavy (non-hydrogen) atoms. The van der Waals surface area contributed by atoms with E-state index in [2.05, 4.69) is 47.6 Å². The van der Waals surface area contributed by atoms with E-state index in [1.807, 2.05) is 0 Å². The molecule has 0 radical (unpaired) electrons. The Bertz CT molecular complexity index is 557. The number of aliphatic imine (C=N–C) groups is 1. The lowest BCUT2D eigenvalue weighted by Gasteiger charge is -2.30. The fourth-order valence-electron chi connectivity index (χ4n) is 2.53. The van der Waals surface area contributed by atoms with Crippen molar-refractivity contribution >= 4 is 35.6 Å². The number of nitrogens with one attached hydrogen (secondary N) is 1. The Morgan fingerprint density at radius 2 is 1.77 bits per heavy atom. The number of guanidine groups is 1. The number of alkyl halides is 3. The summed E-state index contributed by atoms with van der Waals surface area (Å²) in [5, 5.41) is 2.66. The van der Waals surface area contributed by atoms with Gasteiger partial charge in [0, 0.05) is 25.2 Å². The minimum absolute atomic E-state index is 0. The maximum Gasteiger partial charge on any atom is 0.573 e. The van der Waals surface area contributed by atoms with Gasteiger partial charge in [-0.1, -0.05) is 12.1 Å². The number of benzene rings is 1. The van der Waals surface area contributed by atoms with E-state index in [4.69, 9.17) is 5.73 Å². The first kappa shape index (κ1) is 24.8. The van der Waals surface area contributed by atoms with E-state index in [1.165, 1.54) is 18.2 Å². The molecule has 0 aliphatic heterocycles. The predicted octanol–water partition coefficient (Wildman–Crippen LogP) is 4.44. The summed E-state index contributed by atoms with van der Waals surface area (Å²) < 4.78 is 41.2. The number of hydrogen-bond donors (Lipinski definition) is 2. The van der Waals surface area contributed by atoms with Crippen molar-refractivity contribution in [1.82, 2.24) is 4.90 Å². The molecule has 5 nitrogen and oxygen atoms in total. The van der Waals surface area contributed by atoms with Gasteiger partial charge in [-0.15, -0.1) is 37.1 Å². The van der Waals surface area contributed by atoms with E-state index in [9.17, 15) is 13.2 Å². The second-order valence-corrected chi connectivity index (χ2v) is 6.21. The van der Waals surface area contributed by atoms with E-state index in [-0.39, 0.29) is 41.4 Å². The molecular weight excluding hydrogens is 460 g/mol. The minimum Gasteiger partial charge on any atom is -0.404 e. The summed E-state index contributed by atoms with van der Waals surface area (Å²) in [5.74, 6) is -0.294. The van der Waals surface area contributed by atoms with Gasteiger partial charge in [0.2, 0.25) is 0 Å². The van der Waals surface area contributed by atoms with Gasteiger partial charge in [0.1, 0.15) is 0 Å². The molecule has 1 aromatic carbocycles. The van der Waals surface area contributed by atoms with Crippen molar-refractivity contribution < 1.29 is 17.9 Å². The Labute approximate surface area is 170 Å². The number of halogens is 4. The number of rotatable bonds is 8. The van der Waals surface area contributed by atoms with Gasteiger partial charge in [-0.3, -0.25) is 9.89 Å². The van der Waals surface area contributed by atoms with Gasteiger partial charge in [0.05, 0.1) is 5.69 Å². The molecule has 0 fully saturated rings. The molecule has 0 bridgehead atoms. The molecule has 1 rings (SSSR count). The molecule has 0 heterocycles. The molecule has 0 atom stereocenters. The smallest absolute Gasteiger partial charge is 0.404 e. The molecule has 0 spiro atoms. The average molecular weight is 488 g/mol. The average Bonchev–Trinajstić information content (AvgIpc) is 2.46. The van der Waals surface area contributed by atoms with E-state index in [0.717, 1.165) is 13.0 Å². The van der Waals surface area contributed by atoms with Crippen LogP contribution in [0.3, 0.4) is 0 Å². The normalized spacial score (nSPS) is 12.5. The van der Waals surface area contributed by atoms with E-state index in [1.54, 1.807) is 6.07 Å². The first-order chi connectivity index (χ1) is 11.6. The predicted molar refractivity (Wildman–Crippen MR) is 110 cm³/mol. The molecule has 3 N–H and O–H groups in total. The van der Waals surface area contributed by atoms with Crippen molar-refractivity contribution in [2.75, 3.05) is 18.4 Å². The van der Waals surface area contributed by atoms with Crippen molar-refractivity contribution in [3.8, 4) is 5.75 Å². The summed E-state index contributed by atoms with van der Waals surface area (Å²) in [4.78, 5) is 6.51.